The molecule has 0 atom stereocenters. The second-order valence-electron chi connectivity index (χ2n) is 6.55. The van der Waals surface area contributed by atoms with E-state index in [0.29, 0.717) is 32.8 Å². The van der Waals surface area contributed by atoms with E-state index in [-0.39, 0.29) is 11.6 Å². The number of carbonyl (C=O) groups excluding carboxylic acids is 1. The molecule has 1 aromatic heterocycles. The number of aryl methyl sites for hydroxylation is 1. The number of nitrogens with zero attached hydrogens (tertiary/aromatic N) is 3. The minimum atomic E-state index is -0.466. The number of nitrogens with one attached hydrogen (secondary N) is 1. The van der Waals surface area contributed by atoms with Gasteiger partial charge in [-0.25, -0.2) is 14.1 Å². The Labute approximate surface area is 182 Å². The van der Waals surface area contributed by atoms with Crippen LogP contribution in [0.3, 0.4) is 0 Å². The number of carbonyl (C=O) groups is 1. The van der Waals surface area contributed by atoms with Crippen molar-refractivity contribution < 1.29 is 9.18 Å². The average Bonchev–Trinajstić information content (AvgIpc) is 3.18. The minimum absolute atomic E-state index is 0.0383. The number of hydrogen-bond acceptors (Lipinski definition) is 3. The molecule has 1 heterocycles. The molecule has 30 heavy (non-hydrogen) atoms. The zero-order valence-electron chi connectivity index (χ0n) is 15.7. The number of amides is 1. The number of anilines is 1. The number of hydrogen-bond donors (Lipinski definition) is 1. The fraction of sp³-hybridized carbons (Fsp3) is 0.0455. The Morgan fingerprint density at radius 2 is 1.73 bits per heavy atom. The monoisotopic (exact) mass is 440 g/mol. The van der Waals surface area contributed by atoms with E-state index in [2.05, 4.69) is 15.4 Å². The van der Waals surface area contributed by atoms with Crippen LogP contribution in [0.5, 0.6) is 0 Å². The summed E-state index contributed by atoms with van der Waals surface area (Å²) < 4.78 is 14.9. The Morgan fingerprint density at radius 3 is 2.43 bits per heavy atom. The van der Waals surface area contributed by atoms with Crippen molar-refractivity contribution in [2.24, 2.45) is 0 Å². The van der Waals surface area contributed by atoms with Gasteiger partial charge in [0.15, 0.2) is 5.82 Å². The van der Waals surface area contributed by atoms with Crippen LogP contribution in [0.4, 0.5) is 10.1 Å². The lowest BCUT2D eigenvalue weighted by Gasteiger charge is -2.07. The predicted octanol–water partition coefficient (Wildman–Crippen LogP) is 5.94. The maximum absolute atomic E-state index is 13.4. The second kappa shape index (κ2) is 8.26. The molecule has 0 spiro atoms. The molecule has 0 saturated carbocycles. The molecule has 0 aliphatic heterocycles. The standard InChI is InChI=1S/C22H15Cl2FN4O/c1-13-4-2-3-5-19(13)26-22(30)20-27-21(14-6-8-15(25)9-7-14)29(28-20)16-10-11-17(23)18(24)12-16/h2-12H,1H3,(H,26,30). The Bertz CT molecular complexity index is 1240. The highest BCUT2D eigenvalue weighted by Gasteiger charge is 2.20. The van der Waals surface area contributed by atoms with Crippen molar-refractivity contribution in [2.75, 3.05) is 5.32 Å². The topological polar surface area (TPSA) is 59.8 Å². The summed E-state index contributed by atoms with van der Waals surface area (Å²) >= 11 is 12.2. The molecular formula is C22H15Cl2FN4O. The normalized spacial score (nSPS) is 10.8. The van der Waals surface area contributed by atoms with Gasteiger partial charge >= 0.3 is 0 Å². The van der Waals surface area contributed by atoms with Crippen molar-refractivity contribution >= 4 is 34.8 Å². The van der Waals surface area contributed by atoms with Gasteiger partial charge in [-0.15, -0.1) is 5.10 Å². The molecule has 5 nitrogen and oxygen atoms in total. The van der Waals surface area contributed by atoms with Gasteiger partial charge in [0, 0.05) is 11.3 Å². The third-order valence-electron chi connectivity index (χ3n) is 4.45. The van der Waals surface area contributed by atoms with Gasteiger partial charge in [-0.2, -0.15) is 0 Å². The van der Waals surface area contributed by atoms with Crippen LogP contribution in [0.25, 0.3) is 17.1 Å². The van der Waals surface area contributed by atoms with Gasteiger partial charge in [-0.05, 0) is 61.0 Å². The van der Waals surface area contributed by atoms with Crippen LogP contribution in [0.1, 0.15) is 16.2 Å². The SMILES string of the molecule is Cc1ccccc1NC(=O)c1nc(-c2ccc(F)cc2)n(-c2ccc(Cl)c(Cl)c2)n1. The molecule has 4 aromatic rings. The van der Waals surface area contributed by atoms with Gasteiger partial charge in [0.05, 0.1) is 15.7 Å². The van der Waals surface area contributed by atoms with E-state index in [1.807, 2.05) is 25.1 Å². The fourth-order valence-corrected chi connectivity index (χ4v) is 3.17. The van der Waals surface area contributed by atoms with Crippen molar-refractivity contribution in [1.82, 2.24) is 14.8 Å². The summed E-state index contributed by atoms with van der Waals surface area (Å²) in [7, 11) is 0. The molecule has 3 aromatic carbocycles. The smallest absolute Gasteiger partial charge is 0.295 e. The van der Waals surface area contributed by atoms with Crippen molar-refractivity contribution in [3.63, 3.8) is 0 Å². The van der Waals surface area contributed by atoms with Gasteiger partial charge in [0.25, 0.3) is 5.91 Å². The van der Waals surface area contributed by atoms with Crippen LogP contribution in [0.15, 0.2) is 66.7 Å². The van der Waals surface area contributed by atoms with Gasteiger partial charge < -0.3 is 5.32 Å². The highest BCUT2D eigenvalue weighted by Crippen LogP contribution is 2.27. The summed E-state index contributed by atoms with van der Waals surface area (Å²) in [6.07, 6.45) is 0. The molecule has 4 rings (SSSR count). The number of rotatable bonds is 4. The highest BCUT2D eigenvalue weighted by atomic mass is 35.5. The van der Waals surface area contributed by atoms with Crippen LogP contribution < -0.4 is 5.32 Å². The molecule has 0 radical (unpaired) electrons. The van der Waals surface area contributed by atoms with E-state index < -0.39 is 5.91 Å². The van der Waals surface area contributed by atoms with Crippen LogP contribution in [0, 0.1) is 12.7 Å². The molecule has 0 unspecified atom stereocenters. The van der Waals surface area contributed by atoms with E-state index in [9.17, 15) is 9.18 Å². The largest absolute Gasteiger partial charge is 0.319 e. The Balaban J connectivity index is 1.79. The van der Waals surface area contributed by atoms with Crippen LogP contribution in [-0.4, -0.2) is 20.7 Å². The third kappa shape index (κ3) is 4.06. The van der Waals surface area contributed by atoms with E-state index in [1.165, 1.54) is 16.8 Å². The number of para-hydroxylation sites is 1. The zero-order valence-corrected chi connectivity index (χ0v) is 17.2. The Morgan fingerprint density at radius 1 is 1.00 bits per heavy atom. The summed E-state index contributed by atoms with van der Waals surface area (Å²) in [5.41, 5.74) is 2.72. The second-order valence-corrected chi connectivity index (χ2v) is 7.36. The number of aromatic nitrogens is 3. The van der Waals surface area contributed by atoms with Gasteiger partial charge in [0.2, 0.25) is 5.82 Å². The van der Waals surface area contributed by atoms with Crippen molar-refractivity contribution in [1.29, 1.82) is 0 Å². The van der Waals surface area contributed by atoms with Crippen LogP contribution in [0.2, 0.25) is 10.0 Å². The molecule has 0 bridgehead atoms. The lowest BCUT2D eigenvalue weighted by molar-refractivity contribution is 0.101. The first-order chi connectivity index (χ1) is 14.4. The first-order valence-corrected chi connectivity index (χ1v) is 9.73. The first kappa shape index (κ1) is 20.1. The summed E-state index contributed by atoms with van der Waals surface area (Å²) in [5, 5.41) is 7.91. The molecule has 0 fully saturated rings. The van der Waals surface area contributed by atoms with Crippen molar-refractivity contribution in [3.8, 4) is 17.1 Å². The molecule has 0 saturated heterocycles. The van der Waals surface area contributed by atoms with Crippen LogP contribution in [-0.2, 0) is 0 Å². The molecule has 8 heteroatoms. The van der Waals surface area contributed by atoms with Crippen molar-refractivity contribution in [3.05, 3.63) is 94.0 Å². The summed E-state index contributed by atoms with van der Waals surface area (Å²) in [6.45, 7) is 1.89. The summed E-state index contributed by atoms with van der Waals surface area (Å²) in [4.78, 5) is 17.2. The van der Waals surface area contributed by atoms with Gasteiger partial charge in [-0.1, -0.05) is 41.4 Å². The van der Waals surface area contributed by atoms with E-state index >= 15 is 0 Å². The zero-order chi connectivity index (χ0) is 21.3. The predicted molar refractivity (Wildman–Crippen MR) is 116 cm³/mol. The number of halogens is 3. The maximum atomic E-state index is 13.4. The van der Waals surface area contributed by atoms with Gasteiger partial charge in [-0.3, -0.25) is 4.79 Å². The highest BCUT2D eigenvalue weighted by molar-refractivity contribution is 6.42. The minimum Gasteiger partial charge on any atom is -0.319 e. The lowest BCUT2D eigenvalue weighted by Crippen LogP contribution is -2.15. The van der Waals surface area contributed by atoms with Crippen molar-refractivity contribution in [2.45, 2.75) is 6.92 Å². The number of benzene rings is 3. The summed E-state index contributed by atoms with van der Waals surface area (Å²) in [5.74, 6) is -0.518. The molecule has 150 valence electrons. The molecular weight excluding hydrogens is 426 g/mol. The fourth-order valence-electron chi connectivity index (χ4n) is 2.88. The van der Waals surface area contributed by atoms with E-state index in [0.717, 1.165) is 5.56 Å². The van der Waals surface area contributed by atoms with E-state index in [1.54, 1.807) is 36.4 Å². The summed E-state index contributed by atoms with van der Waals surface area (Å²) in [6, 6.07) is 18.1. The van der Waals surface area contributed by atoms with Crippen LogP contribution >= 0.6 is 23.2 Å². The third-order valence-corrected chi connectivity index (χ3v) is 5.19. The Hall–Kier alpha value is -3.22. The lowest BCUT2D eigenvalue weighted by atomic mass is 10.2. The molecule has 0 aliphatic rings. The molecule has 1 N–H and O–H groups in total. The Kier molecular flexibility index (Phi) is 5.53. The average molecular weight is 441 g/mol. The van der Waals surface area contributed by atoms with Gasteiger partial charge in [0.1, 0.15) is 5.82 Å². The quantitative estimate of drug-likeness (QED) is 0.426. The maximum Gasteiger partial charge on any atom is 0.295 e. The molecule has 1 amide bonds. The first-order valence-electron chi connectivity index (χ1n) is 8.98. The van der Waals surface area contributed by atoms with E-state index in [4.69, 9.17) is 23.2 Å². The molecule has 0 aliphatic carbocycles.